The Morgan fingerprint density at radius 3 is 3.00 bits per heavy atom. The van der Waals surface area contributed by atoms with Gasteiger partial charge < -0.3 is 15.8 Å². The summed E-state index contributed by atoms with van der Waals surface area (Å²) in [4.78, 5) is 12.1. The van der Waals surface area contributed by atoms with Gasteiger partial charge >= 0.3 is 0 Å². The lowest BCUT2D eigenvalue weighted by Gasteiger charge is -2.23. The summed E-state index contributed by atoms with van der Waals surface area (Å²) >= 11 is 6.00. The number of hydrogen-bond donors (Lipinski definition) is 2. The van der Waals surface area contributed by atoms with Gasteiger partial charge in [-0.2, -0.15) is 0 Å². The molecular weight excluding hydrogens is 240 g/mol. The number of nitrogens with two attached hydrogens (primary N) is 1. The normalized spacial score (nSPS) is 23.6. The molecule has 1 aromatic rings. The van der Waals surface area contributed by atoms with Crippen LogP contribution in [0.5, 0.6) is 0 Å². The molecule has 1 atom stereocenters. The van der Waals surface area contributed by atoms with Crippen molar-refractivity contribution in [2.24, 2.45) is 0 Å². The predicted molar refractivity (Wildman–Crippen MR) is 67.2 cm³/mol. The minimum Gasteiger partial charge on any atom is -0.398 e. The first-order valence-electron chi connectivity index (χ1n) is 5.46. The number of nitrogens with one attached hydrogen (secondary N) is 1. The number of halogens is 1. The number of anilines is 1. The average Bonchev–Trinajstić information content (AvgIpc) is 2.68. The summed E-state index contributed by atoms with van der Waals surface area (Å²) < 4.78 is 5.28. The zero-order valence-corrected chi connectivity index (χ0v) is 10.4. The van der Waals surface area contributed by atoms with Gasteiger partial charge in [0.25, 0.3) is 5.91 Å². The van der Waals surface area contributed by atoms with Crippen molar-refractivity contribution in [3.63, 3.8) is 0 Å². The van der Waals surface area contributed by atoms with Crippen LogP contribution in [0, 0.1) is 0 Å². The third-order valence-electron chi connectivity index (χ3n) is 2.91. The van der Waals surface area contributed by atoms with Gasteiger partial charge in [0.2, 0.25) is 0 Å². The summed E-state index contributed by atoms with van der Waals surface area (Å²) in [5.41, 5.74) is 6.16. The molecule has 0 spiro atoms. The molecule has 1 aliphatic rings. The van der Waals surface area contributed by atoms with Crippen LogP contribution in [0.1, 0.15) is 23.7 Å². The van der Waals surface area contributed by atoms with E-state index in [4.69, 9.17) is 22.1 Å². The Morgan fingerprint density at radius 2 is 2.35 bits per heavy atom. The summed E-state index contributed by atoms with van der Waals surface area (Å²) in [6, 6.07) is 5.04. The van der Waals surface area contributed by atoms with Gasteiger partial charge in [0, 0.05) is 6.61 Å². The molecular formula is C12H15ClN2O2. The maximum absolute atomic E-state index is 12.1. The van der Waals surface area contributed by atoms with Crippen LogP contribution in [0.15, 0.2) is 18.2 Å². The number of amides is 1. The molecule has 2 rings (SSSR count). The SMILES string of the molecule is CC1(NC(=O)c2cccc(N)c2Cl)CCOC1. The van der Waals surface area contributed by atoms with E-state index in [2.05, 4.69) is 5.32 Å². The van der Waals surface area contributed by atoms with Crippen LogP contribution >= 0.6 is 11.6 Å². The van der Waals surface area contributed by atoms with Gasteiger partial charge in [0.1, 0.15) is 0 Å². The van der Waals surface area contributed by atoms with Gasteiger partial charge in [-0.05, 0) is 25.5 Å². The summed E-state index contributed by atoms with van der Waals surface area (Å²) in [5, 5.41) is 3.23. The minimum absolute atomic E-state index is 0.213. The molecule has 1 unspecified atom stereocenters. The van der Waals surface area contributed by atoms with Crippen LogP contribution in [-0.4, -0.2) is 24.7 Å². The first-order chi connectivity index (χ1) is 8.02. The summed E-state index contributed by atoms with van der Waals surface area (Å²) in [7, 11) is 0. The lowest BCUT2D eigenvalue weighted by atomic mass is 10.0. The number of carbonyl (C=O) groups is 1. The van der Waals surface area contributed by atoms with Gasteiger partial charge in [-0.15, -0.1) is 0 Å². The van der Waals surface area contributed by atoms with Crippen molar-refractivity contribution in [3.8, 4) is 0 Å². The molecule has 1 fully saturated rings. The topological polar surface area (TPSA) is 64.4 Å². The third kappa shape index (κ3) is 2.53. The predicted octanol–water partition coefficient (Wildman–Crippen LogP) is 1.83. The van der Waals surface area contributed by atoms with Crippen LogP contribution < -0.4 is 11.1 Å². The standard InChI is InChI=1S/C12H15ClN2O2/c1-12(5-6-17-7-12)15-11(16)8-3-2-4-9(14)10(8)13/h2-4H,5-7,14H2,1H3,(H,15,16). The number of rotatable bonds is 2. The second-order valence-electron chi connectivity index (χ2n) is 4.53. The molecule has 0 bridgehead atoms. The van der Waals surface area contributed by atoms with E-state index in [1.807, 2.05) is 6.92 Å². The number of nitrogen functional groups attached to an aromatic ring is 1. The van der Waals surface area contributed by atoms with Crippen LogP contribution in [0.3, 0.4) is 0 Å². The van der Waals surface area contributed by atoms with Crippen molar-refractivity contribution in [1.82, 2.24) is 5.32 Å². The van der Waals surface area contributed by atoms with Gasteiger partial charge in [-0.3, -0.25) is 4.79 Å². The molecule has 0 aliphatic carbocycles. The number of hydrogen-bond acceptors (Lipinski definition) is 3. The highest BCUT2D eigenvalue weighted by molar-refractivity contribution is 6.36. The van der Waals surface area contributed by atoms with E-state index in [1.165, 1.54) is 0 Å². The van der Waals surface area contributed by atoms with Gasteiger partial charge in [-0.25, -0.2) is 0 Å². The molecule has 4 nitrogen and oxygen atoms in total. The molecule has 17 heavy (non-hydrogen) atoms. The van der Waals surface area contributed by atoms with E-state index in [9.17, 15) is 4.79 Å². The molecule has 0 radical (unpaired) electrons. The molecule has 3 N–H and O–H groups in total. The Morgan fingerprint density at radius 1 is 1.59 bits per heavy atom. The highest BCUT2D eigenvalue weighted by Gasteiger charge is 2.32. The number of carbonyl (C=O) groups excluding carboxylic acids is 1. The quantitative estimate of drug-likeness (QED) is 0.792. The molecule has 1 heterocycles. The summed E-state index contributed by atoms with van der Waals surface area (Å²) in [6.07, 6.45) is 0.804. The largest absolute Gasteiger partial charge is 0.398 e. The summed E-state index contributed by atoms with van der Waals surface area (Å²) in [6.45, 7) is 3.15. The minimum atomic E-state index is -0.314. The van der Waals surface area contributed by atoms with Crippen LogP contribution in [0.4, 0.5) is 5.69 Å². The smallest absolute Gasteiger partial charge is 0.253 e. The van der Waals surface area contributed by atoms with E-state index in [0.29, 0.717) is 29.5 Å². The Balaban J connectivity index is 2.17. The lowest BCUT2D eigenvalue weighted by Crippen LogP contribution is -2.46. The molecule has 0 saturated carbocycles. The molecule has 5 heteroatoms. The van der Waals surface area contributed by atoms with Crippen molar-refractivity contribution >= 4 is 23.2 Å². The first kappa shape index (κ1) is 12.2. The lowest BCUT2D eigenvalue weighted by molar-refractivity contribution is 0.0890. The van der Waals surface area contributed by atoms with Gasteiger partial charge in [-0.1, -0.05) is 17.7 Å². The Labute approximate surface area is 105 Å². The second kappa shape index (κ2) is 4.55. The number of benzene rings is 1. The molecule has 1 aliphatic heterocycles. The van der Waals surface area contributed by atoms with E-state index in [0.717, 1.165) is 6.42 Å². The Kier molecular flexibility index (Phi) is 3.26. The first-order valence-corrected chi connectivity index (χ1v) is 5.84. The van der Waals surface area contributed by atoms with Crippen LogP contribution in [0.2, 0.25) is 5.02 Å². The highest BCUT2D eigenvalue weighted by Crippen LogP contribution is 2.24. The fourth-order valence-corrected chi connectivity index (χ4v) is 2.04. The zero-order valence-electron chi connectivity index (χ0n) is 9.63. The van der Waals surface area contributed by atoms with Crippen molar-refractivity contribution in [3.05, 3.63) is 28.8 Å². The van der Waals surface area contributed by atoms with E-state index >= 15 is 0 Å². The Bertz CT molecular complexity index is 442. The molecule has 1 aromatic carbocycles. The van der Waals surface area contributed by atoms with Gasteiger partial charge in [0.15, 0.2) is 0 Å². The monoisotopic (exact) mass is 254 g/mol. The van der Waals surface area contributed by atoms with E-state index in [-0.39, 0.29) is 11.4 Å². The molecule has 92 valence electrons. The highest BCUT2D eigenvalue weighted by atomic mass is 35.5. The molecule has 1 saturated heterocycles. The summed E-state index contributed by atoms with van der Waals surface area (Å²) in [5.74, 6) is -0.213. The van der Waals surface area contributed by atoms with Crippen molar-refractivity contribution < 1.29 is 9.53 Å². The van der Waals surface area contributed by atoms with Crippen molar-refractivity contribution in [2.75, 3.05) is 18.9 Å². The zero-order chi connectivity index (χ0) is 12.5. The third-order valence-corrected chi connectivity index (χ3v) is 3.33. The van der Waals surface area contributed by atoms with Crippen molar-refractivity contribution in [1.29, 1.82) is 0 Å². The Hall–Kier alpha value is -1.26. The fraction of sp³-hybridized carbons (Fsp3) is 0.417. The fourth-order valence-electron chi connectivity index (χ4n) is 1.83. The van der Waals surface area contributed by atoms with E-state index < -0.39 is 0 Å². The maximum Gasteiger partial charge on any atom is 0.253 e. The molecule has 1 amide bonds. The number of ether oxygens (including phenoxy) is 1. The van der Waals surface area contributed by atoms with E-state index in [1.54, 1.807) is 18.2 Å². The van der Waals surface area contributed by atoms with Crippen LogP contribution in [0.25, 0.3) is 0 Å². The maximum atomic E-state index is 12.1. The average molecular weight is 255 g/mol. The van der Waals surface area contributed by atoms with Gasteiger partial charge in [0.05, 0.1) is 28.4 Å². The van der Waals surface area contributed by atoms with Crippen LogP contribution in [-0.2, 0) is 4.74 Å². The molecule has 0 aromatic heterocycles. The second-order valence-corrected chi connectivity index (χ2v) is 4.90. The van der Waals surface area contributed by atoms with Crippen molar-refractivity contribution in [2.45, 2.75) is 18.9 Å².